The summed E-state index contributed by atoms with van der Waals surface area (Å²) in [5, 5.41) is 8.34. The Labute approximate surface area is 213 Å². The average Bonchev–Trinajstić information content (AvgIpc) is 3.48. The van der Waals surface area contributed by atoms with Crippen molar-refractivity contribution in [2.75, 3.05) is 6.26 Å². The van der Waals surface area contributed by atoms with Gasteiger partial charge in [0.25, 0.3) is 0 Å². The van der Waals surface area contributed by atoms with Crippen LogP contribution in [0.15, 0.2) is 47.8 Å². The van der Waals surface area contributed by atoms with Crippen molar-refractivity contribution in [2.24, 2.45) is 14.1 Å². The van der Waals surface area contributed by atoms with Gasteiger partial charge in [-0.25, -0.2) is 17.9 Å². The zero-order chi connectivity index (χ0) is 26.4. The van der Waals surface area contributed by atoms with Crippen LogP contribution >= 0.6 is 11.6 Å². The van der Waals surface area contributed by atoms with E-state index in [0.29, 0.717) is 11.3 Å². The van der Waals surface area contributed by atoms with E-state index in [9.17, 15) is 18.0 Å². The minimum absolute atomic E-state index is 0.00501. The van der Waals surface area contributed by atoms with Gasteiger partial charge in [-0.15, -0.1) is 0 Å². The number of rotatable bonds is 7. The van der Waals surface area contributed by atoms with Gasteiger partial charge in [0, 0.05) is 49.6 Å². The normalized spacial score (nSPS) is 11.6. The molecule has 0 aliphatic rings. The Hall–Kier alpha value is -3.70. The van der Waals surface area contributed by atoms with Crippen molar-refractivity contribution in [3.63, 3.8) is 0 Å². The van der Waals surface area contributed by atoms with Gasteiger partial charge >= 0.3 is 5.97 Å². The molecule has 0 aliphatic heterocycles. The van der Waals surface area contributed by atoms with Crippen molar-refractivity contribution in [3.8, 4) is 5.88 Å². The molecule has 0 unspecified atom stereocenters. The Balaban J connectivity index is 1.75. The molecule has 0 spiro atoms. The zero-order valence-electron chi connectivity index (χ0n) is 20.3. The van der Waals surface area contributed by atoms with E-state index in [-0.39, 0.29) is 39.0 Å². The molecular formula is C24H24ClN5O5S. The number of aryl methyl sites for hydroxylation is 3. The first-order valence-corrected chi connectivity index (χ1v) is 13.1. The number of aromatic nitrogens is 5. The fraction of sp³-hybridized carbons (Fsp3) is 0.250. The summed E-state index contributed by atoms with van der Waals surface area (Å²) in [6.45, 7) is 3.62. The predicted molar refractivity (Wildman–Crippen MR) is 132 cm³/mol. The van der Waals surface area contributed by atoms with Crippen molar-refractivity contribution >= 4 is 33.2 Å². The van der Waals surface area contributed by atoms with E-state index in [1.165, 1.54) is 30.1 Å². The van der Waals surface area contributed by atoms with Gasteiger partial charge < -0.3 is 9.30 Å². The minimum atomic E-state index is -3.65. The average molecular weight is 530 g/mol. The summed E-state index contributed by atoms with van der Waals surface area (Å²) in [5.41, 5.74) is 2.08. The van der Waals surface area contributed by atoms with Crippen LogP contribution in [0.4, 0.5) is 0 Å². The van der Waals surface area contributed by atoms with E-state index >= 15 is 0 Å². The molecule has 3 heterocycles. The van der Waals surface area contributed by atoms with Crippen LogP contribution in [0.1, 0.15) is 43.2 Å². The fourth-order valence-corrected chi connectivity index (χ4v) is 5.10. The monoisotopic (exact) mass is 529 g/mol. The van der Waals surface area contributed by atoms with Gasteiger partial charge in [0.2, 0.25) is 11.7 Å². The van der Waals surface area contributed by atoms with E-state index in [1.807, 2.05) is 0 Å². The van der Waals surface area contributed by atoms with E-state index in [1.54, 1.807) is 54.7 Å². The number of ether oxygens (including phenoxy) is 1. The molecule has 3 aromatic heterocycles. The molecule has 4 rings (SSSR count). The maximum atomic E-state index is 13.6. The van der Waals surface area contributed by atoms with Gasteiger partial charge in [-0.2, -0.15) is 10.2 Å². The maximum Gasteiger partial charge on any atom is 0.346 e. The second-order valence-electron chi connectivity index (χ2n) is 8.46. The predicted octanol–water partition coefficient (Wildman–Crippen LogP) is 3.13. The third-order valence-electron chi connectivity index (χ3n) is 5.86. The van der Waals surface area contributed by atoms with Crippen LogP contribution in [-0.4, -0.2) is 50.6 Å². The van der Waals surface area contributed by atoms with Gasteiger partial charge in [-0.05, 0) is 38.1 Å². The number of carbonyl (C=O) groups is 2. The number of nitrogens with zero attached hydrogens (tertiary/aromatic N) is 5. The third kappa shape index (κ3) is 4.71. The molecule has 0 radical (unpaired) electrons. The Bertz CT molecular complexity index is 1610. The number of sulfone groups is 1. The van der Waals surface area contributed by atoms with Crippen LogP contribution in [0.3, 0.4) is 0 Å². The van der Waals surface area contributed by atoms with Gasteiger partial charge in [-0.3, -0.25) is 9.48 Å². The third-order valence-corrected chi connectivity index (χ3v) is 7.47. The summed E-state index contributed by atoms with van der Waals surface area (Å²) < 4.78 is 35.0. The number of hydrogen-bond donors (Lipinski definition) is 0. The number of halogens is 1. The minimum Gasteiger partial charge on any atom is -0.403 e. The van der Waals surface area contributed by atoms with E-state index in [2.05, 4.69) is 10.2 Å². The van der Waals surface area contributed by atoms with E-state index < -0.39 is 21.6 Å². The highest BCUT2D eigenvalue weighted by Crippen LogP contribution is 2.32. The number of esters is 1. The highest BCUT2D eigenvalue weighted by molar-refractivity contribution is 7.90. The zero-order valence-corrected chi connectivity index (χ0v) is 21.9. The summed E-state index contributed by atoms with van der Waals surface area (Å²) >= 11 is 6.64. The highest BCUT2D eigenvalue weighted by Gasteiger charge is 2.27. The van der Waals surface area contributed by atoms with Gasteiger partial charge in [0.1, 0.15) is 5.56 Å². The van der Waals surface area contributed by atoms with Crippen molar-refractivity contribution in [1.82, 2.24) is 24.1 Å². The lowest BCUT2D eigenvalue weighted by atomic mass is 10.0. The lowest BCUT2D eigenvalue weighted by Gasteiger charge is -2.14. The smallest absolute Gasteiger partial charge is 0.346 e. The largest absolute Gasteiger partial charge is 0.403 e. The molecule has 1 aromatic carbocycles. The number of benzene rings is 1. The second kappa shape index (κ2) is 9.40. The Kier molecular flexibility index (Phi) is 6.63. The van der Waals surface area contributed by atoms with Crippen LogP contribution in [0.5, 0.6) is 5.88 Å². The van der Waals surface area contributed by atoms with Gasteiger partial charge in [-0.1, -0.05) is 11.6 Å². The first kappa shape index (κ1) is 25.4. The van der Waals surface area contributed by atoms with Crippen LogP contribution in [0.2, 0.25) is 5.02 Å². The lowest BCUT2D eigenvalue weighted by molar-refractivity contribution is 0.0717. The van der Waals surface area contributed by atoms with Crippen molar-refractivity contribution in [3.05, 3.63) is 81.5 Å². The Morgan fingerprint density at radius 2 is 1.75 bits per heavy atom. The number of ketones is 1. The lowest BCUT2D eigenvalue weighted by Crippen LogP contribution is -2.15. The molecule has 10 nitrogen and oxygen atoms in total. The highest BCUT2D eigenvalue weighted by atomic mass is 35.5. The first-order valence-electron chi connectivity index (χ1n) is 10.8. The van der Waals surface area contributed by atoms with Crippen LogP contribution < -0.4 is 4.74 Å². The molecule has 0 saturated carbocycles. The molecule has 4 aromatic rings. The molecule has 36 heavy (non-hydrogen) atoms. The topological polar surface area (TPSA) is 118 Å². The summed E-state index contributed by atoms with van der Waals surface area (Å²) in [5.74, 6) is -1.27. The quantitative estimate of drug-likeness (QED) is 0.266. The molecule has 188 valence electrons. The summed E-state index contributed by atoms with van der Waals surface area (Å²) in [6.07, 6.45) is 5.77. The van der Waals surface area contributed by atoms with E-state index in [4.69, 9.17) is 16.3 Å². The molecule has 12 heteroatoms. The molecule has 0 saturated heterocycles. The van der Waals surface area contributed by atoms with Crippen molar-refractivity contribution < 1.29 is 22.7 Å². The SMILES string of the molecule is Cc1ccn(Cc2c(S(C)(=O)=O)ccc(C(=O)c3cnn(C)c3OC(=O)c3ccn(C)c3C)c2Cl)n1. The number of hydrogen-bond acceptors (Lipinski definition) is 7. The standard InChI is InChI=1S/C24H24ClN5O5S/c1-14-8-11-30(27-14)13-19-20(36(5,33)34)7-6-17(21(19)25)22(31)18-12-26-29(4)23(18)35-24(32)16-9-10-28(3)15(16)2/h6-12H,13H2,1-5H3. The molecule has 0 fully saturated rings. The second-order valence-corrected chi connectivity index (χ2v) is 10.8. The van der Waals surface area contributed by atoms with Crippen molar-refractivity contribution in [2.45, 2.75) is 25.3 Å². The fourth-order valence-electron chi connectivity index (χ4n) is 3.80. The molecule has 0 atom stereocenters. The van der Waals surface area contributed by atoms with Crippen LogP contribution in [-0.2, 0) is 30.5 Å². The van der Waals surface area contributed by atoms with Gasteiger partial charge in [0.15, 0.2) is 9.84 Å². The molecular weight excluding hydrogens is 506 g/mol. The first-order chi connectivity index (χ1) is 16.9. The van der Waals surface area contributed by atoms with Crippen LogP contribution in [0, 0.1) is 13.8 Å². The Morgan fingerprint density at radius 1 is 1.03 bits per heavy atom. The van der Waals surface area contributed by atoms with E-state index in [0.717, 1.165) is 11.9 Å². The molecule has 0 aliphatic carbocycles. The maximum absolute atomic E-state index is 13.6. The van der Waals surface area contributed by atoms with Crippen LogP contribution in [0.25, 0.3) is 0 Å². The summed E-state index contributed by atoms with van der Waals surface area (Å²) in [7, 11) is -0.314. The van der Waals surface area contributed by atoms with Crippen molar-refractivity contribution in [1.29, 1.82) is 0 Å². The summed E-state index contributed by atoms with van der Waals surface area (Å²) in [4.78, 5) is 26.4. The molecule has 0 N–H and O–H groups in total. The molecule has 0 amide bonds. The Morgan fingerprint density at radius 3 is 2.33 bits per heavy atom. The summed E-state index contributed by atoms with van der Waals surface area (Å²) in [6, 6.07) is 6.08. The van der Waals surface area contributed by atoms with Gasteiger partial charge in [0.05, 0.1) is 33.9 Å². The molecule has 0 bridgehead atoms. The number of carbonyl (C=O) groups excluding carboxylic acids is 2.